The number of likely N-dealkylation sites (N-methyl/N-ethyl adjacent to an activating group) is 1. The van der Waals surface area contributed by atoms with E-state index in [-0.39, 0.29) is 11.6 Å². The number of benzene rings is 1. The molecule has 0 saturated carbocycles. The number of nitrogens with zero attached hydrogens (tertiary/aromatic N) is 1. The van der Waals surface area contributed by atoms with Crippen molar-refractivity contribution in [1.29, 1.82) is 0 Å². The molecule has 0 radical (unpaired) electrons. The molecule has 1 aromatic carbocycles. The van der Waals surface area contributed by atoms with Crippen molar-refractivity contribution >= 4 is 5.78 Å². The largest absolute Gasteiger partial charge is 0.298 e. The van der Waals surface area contributed by atoms with Crippen LogP contribution in [0.15, 0.2) is 24.3 Å². The third-order valence-electron chi connectivity index (χ3n) is 2.33. The molecule has 0 fully saturated rings. The molecule has 0 aromatic heterocycles. The van der Waals surface area contributed by atoms with Gasteiger partial charge in [-0.1, -0.05) is 18.1 Å². The van der Waals surface area contributed by atoms with Gasteiger partial charge in [0.25, 0.3) is 0 Å². The summed E-state index contributed by atoms with van der Waals surface area (Å²) in [7, 11) is 1.75. The lowest BCUT2D eigenvalue weighted by Crippen LogP contribution is -2.30. The molecule has 0 aliphatic heterocycles. The first-order valence-corrected chi connectivity index (χ1v) is 4.96. The van der Waals surface area contributed by atoms with E-state index in [0.29, 0.717) is 12.1 Å². The highest BCUT2D eigenvalue weighted by molar-refractivity contribution is 5.82. The number of hydrogen-bond acceptors (Lipinski definition) is 2. The lowest BCUT2D eigenvalue weighted by Gasteiger charge is -2.24. The Balaban J connectivity index is 3.03. The van der Waals surface area contributed by atoms with E-state index in [1.54, 1.807) is 24.1 Å². The fraction of sp³-hybridized carbons (Fsp3) is 0.308. The zero-order chi connectivity index (χ0) is 12.1. The standard InChI is InChI=1S/C13H14FNO/c1-4-8-15(3)13(10(2)16)11-6-5-7-12(14)9-11/h1,5-7,9,13H,8H2,2-3H3. The van der Waals surface area contributed by atoms with Crippen LogP contribution in [0.5, 0.6) is 0 Å². The molecule has 1 unspecified atom stereocenters. The second-order valence-electron chi connectivity index (χ2n) is 3.69. The van der Waals surface area contributed by atoms with Gasteiger partial charge in [0, 0.05) is 0 Å². The van der Waals surface area contributed by atoms with Crippen molar-refractivity contribution in [1.82, 2.24) is 4.90 Å². The molecule has 2 nitrogen and oxygen atoms in total. The molecule has 1 rings (SSSR count). The van der Waals surface area contributed by atoms with Crippen LogP contribution in [-0.4, -0.2) is 24.3 Å². The van der Waals surface area contributed by atoms with Gasteiger partial charge >= 0.3 is 0 Å². The summed E-state index contributed by atoms with van der Waals surface area (Å²) >= 11 is 0. The van der Waals surface area contributed by atoms with Crippen molar-refractivity contribution in [2.24, 2.45) is 0 Å². The summed E-state index contributed by atoms with van der Waals surface area (Å²) in [5.74, 6) is 2.07. The molecule has 84 valence electrons. The molecular formula is C13H14FNO. The maximum Gasteiger partial charge on any atom is 0.151 e. The Bertz CT molecular complexity index is 422. The second-order valence-corrected chi connectivity index (χ2v) is 3.69. The Kier molecular flexibility index (Phi) is 4.21. The maximum absolute atomic E-state index is 13.1. The minimum Gasteiger partial charge on any atom is -0.298 e. The number of ketones is 1. The van der Waals surface area contributed by atoms with Gasteiger partial charge in [0.15, 0.2) is 5.78 Å². The monoisotopic (exact) mass is 219 g/mol. The van der Waals surface area contributed by atoms with Crippen molar-refractivity contribution in [3.05, 3.63) is 35.6 Å². The Labute approximate surface area is 95.1 Å². The van der Waals surface area contributed by atoms with Gasteiger partial charge in [0.05, 0.1) is 12.6 Å². The van der Waals surface area contributed by atoms with Crippen molar-refractivity contribution in [3.8, 4) is 12.3 Å². The summed E-state index contributed by atoms with van der Waals surface area (Å²) in [4.78, 5) is 13.3. The molecule has 0 bridgehead atoms. The quantitative estimate of drug-likeness (QED) is 0.722. The first-order chi connectivity index (χ1) is 7.56. The van der Waals surface area contributed by atoms with Gasteiger partial charge in [0.2, 0.25) is 0 Å². The Morgan fingerprint density at radius 2 is 2.31 bits per heavy atom. The van der Waals surface area contributed by atoms with Gasteiger partial charge in [-0.2, -0.15) is 0 Å². The van der Waals surface area contributed by atoms with Crippen LogP contribution in [0.1, 0.15) is 18.5 Å². The maximum atomic E-state index is 13.1. The van der Waals surface area contributed by atoms with Crippen LogP contribution >= 0.6 is 0 Å². The summed E-state index contributed by atoms with van der Waals surface area (Å²) in [5.41, 5.74) is 0.630. The fourth-order valence-corrected chi connectivity index (χ4v) is 1.71. The number of halogens is 1. The Hall–Kier alpha value is -1.66. The van der Waals surface area contributed by atoms with E-state index in [4.69, 9.17) is 6.42 Å². The fourth-order valence-electron chi connectivity index (χ4n) is 1.71. The molecule has 0 N–H and O–H groups in total. The summed E-state index contributed by atoms with van der Waals surface area (Å²) < 4.78 is 13.1. The molecular weight excluding hydrogens is 205 g/mol. The van der Waals surface area contributed by atoms with Crippen LogP contribution in [0.3, 0.4) is 0 Å². The van der Waals surface area contributed by atoms with Crippen LogP contribution in [0.25, 0.3) is 0 Å². The molecule has 1 aromatic rings. The van der Waals surface area contributed by atoms with E-state index in [0.717, 1.165) is 0 Å². The number of carbonyl (C=O) groups excluding carboxylic acids is 1. The van der Waals surface area contributed by atoms with Crippen LogP contribution in [0.4, 0.5) is 4.39 Å². The van der Waals surface area contributed by atoms with Crippen LogP contribution in [0.2, 0.25) is 0 Å². The predicted octanol–water partition coefficient (Wildman–Crippen LogP) is 2.02. The number of Topliss-reactive ketones (excluding diaryl/α,β-unsaturated/α-hetero) is 1. The highest BCUT2D eigenvalue weighted by Crippen LogP contribution is 2.20. The average molecular weight is 219 g/mol. The first kappa shape index (κ1) is 12.4. The van der Waals surface area contributed by atoms with Gasteiger partial charge in [-0.05, 0) is 31.7 Å². The van der Waals surface area contributed by atoms with Crippen molar-refractivity contribution in [2.45, 2.75) is 13.0 Å². The van der Waals surface area contributed by atoms with Crippen LogP contribution < -0.4 is 0 Å². The smallest absolute Gasteiger partial charge is 0.151 e. The first-order valence-electron chi connectivity index (χ1n) is 4.96. The summed E-state index contributed by atoms with van der Waals surface area (Å²) in [6.45, 7) is 1.82. The summed E-state index contributed by atoms with van der Waals surface area (Å²) in [6.07, 6.45) is 5.20. The molecule has 3 heteroatoms. The van der Waals surface area contributed by atoms with Crippen LogP contribution in [0, 0.1) is 18.2 Å². The van der Waals surface area contributed by atoms with Crippen molar-refractivity contribution in [2.75, 3.05) is 13.6 Å². The number of hydrogen-bond donors (Lipinski definition) is 0. The number of carbonyl (C=O) groups is 1. The predicted molar refractivity (Wildman–Crippen MR) is 61.3 cm³/mol. The summed E-state index contributed by atoms with van der Waals surface area (Å²) in [5, 5.41) is 0. The van der Waals surface area contributed by atoms with Gasteiger partial charge in [-0.3, -0.25) is 9.69 Å². The molecule has 0 heterocycles. The van der Waals surface area contributed by atoms with E-state index >= 15 is 0 Å². The lowest BCUT2D eigenvalue weighted by molar-refractivity contribution is -0.121. The SMILES string of the molecule is C#CCN(C)C(C(C)=O)c1cccc(F)c1. The molecule has 0 spiro atoms. The third kappa shape index (κ3) is 2.91. The average Bonchev–Trinajstić information content (AvgIpc) is 2.17. The Morgan fingerprint density at radius 3 is 2.81 bits per heavy atom. The highest BCUT2D eigenvalue weighted by atomic mass is 19.1. The van der Waals surface area contributed by atoms with Crippen molar-refractivity contribution in [3.63, 3.8) is 0 Å². The Morgan fingerprint density at radius 1 is 1.62 bits per heavy atom. The lowest BCUT2D eigenvalue weighted by atomic mass is 10.0. The molecule has 1 atom stereocenters. The topological polar surface area (TPSA) is 20.3 Å². The van der Waals surface area contributed by atoms with E-state index in [1.165, 1.54) is 19.1 Å². The second kappa shape index (κ2) is 5.43. The normalized spacial score (nSPS) is 12.2. The van der Waals surface area contributed by atoms with E-state index in [9.17, 15) is 9.18 Å². The van der Waals surface area contributed by atoms with Crippen molar-refractivity contribution < 1.29 is 9.18 Å². The molecule has 0 saturated heterocycles. The van der Waals surface area contributed by atoms with Gasteiger partial charge in [-0.15, -0.1) is 6.42 Å². The zero-order valence-corrected chi connectivity index (χ0v) is 9.40. The molecule has 0 aliphatic rings. The van der Waals surface area contributed by atoms with Gasteiger partial charge in [0.1, 0.15) is 5.82 Å². The minimum atomic E-state index is -0.480. The highest BCUT2D eigenvalue weighted by Gasteiger charge is 2.21. The minimum absolute atomic E-state index is 0.0525. The van der Waals surface area contributed by atoms with Gasteiger partial charge < -0.3 is 0 Å². The summed E-state index contributed by atoms with van der Waals surface area (Å²) in [6, 6.07) is 5.54. The van der Waals surface area contributed by atoms with Gasteiger partial charge in [-0.25, -0.2) is 4.39 Å². The van der Waals surface area contributed by atoms with Crippen LogP contribution in [-0.2, 0) is 4.79 Å². The van der Waals surface area contributed by atoms with E-state index in [1.807, 2.05) is 0 Å². The number of rotatable bonds is 4. The molecule has 16 heavy (non-hydrogen) atoms. The van der Waals surface area contributed by atoms with E-state index < -0.39 is 6.04 Å². The zero-order valence-electron chi connectivity index (χ0n) is 9.40. The molecule has 0 aliphatic carbocycles. The molecule has 0 amide bonds. The number of terminal acetylenes is 1. The van der Waals surface area contributed by atoms with E-state index in [2.05, 4.69) is 5.92 Å². The third-order valence-corrected chi connectivity index (χ3v) is 2.33.